The van der Waals surface area contributed by atoms with Gasteiger partial charge in [-0.05, 0) is 72.0 Å². The minimum Gasteiger partial charge on any atom is -0.445 e. The number of amides is 7. The Morgan fingerprint density at radius 2 is 1.36 bits per heavy atom. The molecule has 0 unspecified atom stereocenters. The second-order valence-electron chi connectivity index (χ2n) is 23.2. The average Bonchev–Trinajstić information content (AvgIpc) is 3.91. The first-order valence-corrected chi connectivity index (χ1v) is 28.7. The van der Waals surface area contributed by atoms with Crippen LogP contribution in [0.5, 0.6) is 0 Å². The highest BCUT2D eigenvalue weighted by Gasteiger charge is 2.44. The average molecular weight is 1120 g/mol. The lowest BCUT2D eigenvalue weighted by Gasteiger charge is -2.41. The number of aliphatic hydroxyl groups excluding tert-OH is 1. The molecule has 0 radical (unpaired) electrons. The fraction of sp³-hybridized carbons (Fsp3) is 0.672. The number of methoxy groups -OCH3 is 2. The van der Waals surface area contributed by atoms with Crippen molar-refractivity contribution in [3.05, 3.63) is 71.3 Å². The standard InChI is InChI=1S/C61H97N7O12/c1-16-39(8)54(50(78-14)34-51(71)68-31-21-25-47(68)56(79-15)42(11)48(69)32-40(9)55(72)45-22-18-17-19-23-45)66(12)59(75)52(37(4)5)65-58(74)53(38(6)7)67(13)61(77)80-35-44-28-26-43(27-29-44)33-49(70)46(24-20-30-63-60(62)76)64-57(73)41(10)36(2)3/h17-19,22-23,26-29,36-42,46-47,50,52-56,72H,16,20-21,24-25,30-35H2,1-15H3,(H,64,73)(H,65,74)(H3,62,63,76)/t39-,40-,41-,42-,46-,47-,50+,52-,53-,54-,55+,56+/m0/s1. The van der Waals surface area contributed by atoms with Crippen LogP contribution in [0.1, 0.15) is 144 Å². The molecule has 0 bridgehead atoms. The molecule has 2 aromatic rings. The van der Waals surface area contributed by atoms with E-state index >= 15 is 0 Å². The molecular formula is C61H97N7O12. The van der Waals surface area contributed by atoms with Crippen molar-refractivity contribution >= 4 is 47.3 Å². The van der Waals surface area contributed by atoms with E-state index in [0.29, 0.717) is 43.4 Å². The van der Waals surface area contributed by atoms with Gasteiger partial charge in [-0.2, -0.15) is 0 Å². The van der Waals surface area contributed by atoms with Gasteiger partial charge in [0.05, 0.1) is 42.9 Å². The van der Waals surface area contributed by atoms with Crippen molar-refractivity contribution in [3.63, 3.8) is 0 Å². The van der Waals surface area contributed by atoms with Crippen molar-refractivity contribution in [1.29, 1.82) is 0 Å². The molecule has 1 heterocycles. The summed E-state index contributed by atoms with van der Waals surface area (Å²) in [4.78, 5) is 113. The van der Waals surface area contributed by atoms with Crippen LogP contribution in [0.15, 0.2) is 54.6 Å². The number of primary amides is 1. The number of nitrogens with one attached hydrogen (secondary N) is 3. The predicted molar refractivity (Wildman–Crippen MR) is 308 cm³/mol. The van der Waals surface area contributed by atoms with Gasteiger partial charge >= 0.3 is 12.1 Å². The number of benzene rings is 2. The maximum absolute atomic E-state index is 14.7. The smallest absolute Gasteiger partial charge is 0.410 e. The normalized spacial score (nSPS) is 17.7. The van der Waals surface area contributed by atoms with Crippen molar-refractivity contribution in [2.75, 3.05) is 41.4 Å². The summed E-state index contributed by atoms with van der Waals surface area (Å²) in [6.45, 7) is 21.2. The van der Waals surface area contributed by atoms with Crippen LogP contribution in [0.25, 0.3) is 0 Å². The largest absolute Gasteiger partial charge is 0.445 e. The number of rotatable bonds is 33. The molecule has 1 aliphatic rings. The molecule has 19 heteroatoms. The number of likely N-dealkylation sites (N-methyl/N-ethyl adjacent to an activating group) is 2. The SMILES string of the molecule is CC[C@H](C)[C@@H]([C@@H](CC(=O)N1CCC[C@H]1[C@H](OC)[C@@H](C)C(=O)C[C@H](C)[C@@H](O)c1ccccc1)OC)N(C)C(=O)[C@@H](NC(=O)[C@H](C(C)C)N(C)C(=O)OCc1ccc(CC(=O)[C@H](CCCNC(N)=O)NC(=O)[C@@H](C)C(C)C)cc1)C(C)C. The number of Topliss-reactive ketones (excluding diaryl/α,β-unsaturated/α-hetero) is 2. The molecule has 1 aliphatic heterocycles. The maximum atomic E-state index is 14.7. The molecule has 80 heavy (non-hydrogen) atoms. The lowest BCUT2D eigenvalue weighted by atomic mass is 9.85. The number of carbonyl (C=O) groups excluding carboxylic acids is 8. The van der Waals surface area contributed by atoms with E-state index in [0.717, 1.165) is 12.0 Å². The highest BCUT2D eigenvalue weighted by atomic mass is 16.6. The number of carbonyl (C=O) groups is 8. The minimum absolute atomic E-state index is 0.0306. The second-order valence-corrected chi connectivity index (χ2v) is 23.2. The van der Waals surface area contributed by atoms with Crippen LogP contribution >= 0.6 is 0 Å². The highest BCUT2D eigenvalue weighted by Crippen LogP contribution is 2.32. The molecule has 0 saturated carbocycles. The van der Waals surface area contributed by atoms with Gasteiger partial charge in [0.15, 0.2) is 5.78 Å². The predicted octanol–water partition coefficient (Wildman–Crippen LogP) is 7.01. The number of hydrogen-bond donors (Lipinski definition) is 5. The Labute approximate surface area is 476 Å². The first kappa shape index (κ1) is 68.4. The Bertz CT molecular complexity index is 2320. The van der Waals surface area contributed by atoms with Gasteiger partial charge in [0.1, 0.15) is 24.5 Å². The molecule has 3 rings (SSSR count). The summed E-state index contributed by atoms with van der Waals surface area (Å²) in [7, 11) is 6.20. The second kappa shape index (κ2) is 33.1. The molecule has 19 nitrogen and oxygen atoms in total. The summed E-state index contributed by atoms with van der Waals surface area (Å²) in [5, 5.41) is 19.4. The van der Waals surface area contributed by atoms with E-state index < -0.39 is 72.3 Å². The number of nitrogens with two attached hydrogens (primary N) is 1. The Morgan fingerprint density at radius 1 is 0.738 bits per heavy atom. The van der Waals surface area contributed by atoms with Crippen molar-refractivity contribution < 1.29 is 57.7 Å². The number of ketones is 2. The van der Waals surface area contributed by atoms with Gasteiger partial charge in [0.25, 0.3) is 0 Å². The van der Waals surface area contributed by atoms with Crippen molar-refractivity contribution in [2.24, 2.45) is 47.2 Å². The maximum Gasteiger partial charge on any atom is 0.410 e. The zero-order valence-electron chi connectivity index (χ0n) is 50.5. The molecule has 1 saturated heterocycles. The van der Waals surface area contributed by atoms with Crippen molar-refractivity contribution in [1.82, 2.24) is 30.7 Å². The van der Waals surface area contributed by atoms with Crippen LogP contribution in [-0.2, 0) is 56.0 Å². The van der Waals surface area contributed by atoms with Gasteiger partial charge in [-0.1, -0.05) is 137 Å². The lowest BCUT2D eigenvalue weighted by molar-refractivity contribution is -0.148. The molecule has 2 aromatic carbocycles. The fourth-order valence-electron chi connectivity index (χ4n) is 10.7. The monoisotopic (exact) mass is 1120 g/mol. The number of nitrogens with zero attached hydrogens (tertiary/aromatic N) is 3. The number of likely N-dealkylation sites (tertiary alicyclic amines) is 1. The van der Waals surface area contributed by atoms with Crippen LogP contribution < -0.4 is 21.7 Å². The minimum atomic E-state index is -1.03. The van der Waals surface area contributed by atoms with Gasteiger partial charge < -0.3 is 50.8 Å². The van der Waals surface area contributed by atoms with E-state index in [1.165, 1.54) is 19.1 Å². The van der Waals surface area contributed by atoms with E-state index in [2.05, 4.69) is 16.0 Å². The van der Waals surface area contributed by atoms with Crippen LogP contribution in [0, 0.1) is 41.4 Å². The molecule has 1 fully saturated rings. The van der Waals surface area contributed by atoms with E-state index in [4.69, 9.17) is 19.9 Å². The fourth-order valence-corrected chi connectivity index (χ4v) is 10.7. The molecule has 0 aliphatic carbocycles. The summed E-state index contributed by atoms with van der Waals surface area (Å²) >= 11 is 0. The zero-order chi connectivity index (χ0) is 60.1. The summed E-state index contributed by atoms with van der Waals surface area (Å²) in [5.74, 6) is -3.67. The lowest BCUT2D eigenvalue weighted by Crippen LogP contribution is -2.60. The van der Waals surface area contributed by atoms with E-state index in [1.54, 1.807) is 69.0 Å². The van der Waals surface area contributed by atoms with E-state index in [-0.39, 0.29) is 97.3 Å². The molecule has 448 valence electrons. The van der Waals surface area contributed by atoms with E-state index in [9.17, 15) is 43.5 Å². The quantitative estimate of drug-likeness (QED) is 0.0453. The molecule has 12 atom stereocenters. The zero-order valence-corrected chi connectivity index (χ0v) is 50.5. The third-order valence-corrected chi connectivity index (χ3v) is 16.2. The van der Waals surface area contributed by atoms with Crippen LogP contribution in [0.2, 0.25) is 0 Å². The highest BCUT2D eigenvalue weighted by molar-refractivity contribution is 5.92. The van der Waals surface area contributed by atoms with Crippen LogP contribution in [0.4, 0.5) is 9.59 Å². The first-order valence-electron chi connectivity index (χ1n) is 28.7. The summed E-state index contributed by atoms with van der Waals surface area (Å²) in [6, 6.07) is 11.7. The molecule has 0 spiro atoms. The molecule has 7 amide bonds. The molecular weight excluding hydrogens is 1020 g/mol. The molecule has 0 aromatic heterocycles. The topological polar surface area (TPSA) is 256 Å². The molecule has 6 N–H and O–H groups in total. The van der Waals surface area contributed by atoms with Gasteiger partial charge in [-0.3, -0.25) is 33.7 Å². The Balaban J connectivity index is 1.70. The Hall–Kier alpha value is -5.92. The van der Waals surface area contributed by atoms with Crippen molar-refractivity contribution in [2.45, 2.75) is 183 Å². The third kappa shape index (κ3) is 19.7. The van der Waals surface area contributed by atoms with Crippen molar-refractivity contribution in [3.8, 4) is 0 Å². The van der Waals surface area contributed by atoms with Gasteiger partial charge in [-0.25, -0.2) is 9.59 Å². The van der Waals surface area contributed by atoms with Crippen LogP contribution in [-0.4, -0.2) is 151 Å². The number of hydrogen-bond acceptors (Lipinski definition) is 12. The number of urea groups is 1. The Morgan fingerprint density at radius 3 is 1.91 bits per heavy atom. The Kier molecular flexibility index (Phi) is 28.3. The van der Waals surface area contributed by atoms with Crippen LogP contribution in [0.3, 0.4) is 0 Å². The number of aliphatic hydroxyl groups is 1. The first-order chi connectivity index (χ1) is 37.7. The summed E-state index contributed by atoms with van der Waals surface area (Å²) in [6.07, 6.45) is -0.0437. The van der Waals surface area contributed by atoms with Gasteiger partial charge in [-0.15, -0.1) is 0 Å². The number of ether oxygens (including phenoxy) is 3. The summed E-state index contributed by atoms with van der Waals surface area (Å²) < 4.78 is 17.8. The summed E-state index contributed by atoms with van der Waals surface area (Å²) in [5.41, 5.74) is 7.24. The van der Waals surface area contributed by atoms with Gasteiger partial charge in [0.2, 0.25) is 23.6 Å². The third-order valence-electron chi connectivity index (χ3n) is 16.2. The van der Waals surface area contributed by atoms with Gasteiger partial charge in [0, 0.05) is 66.1 Å². The van der Waals surface area contributed by atoms with E-state index in [1.807, 2.05) is 85.7 Å².